The minimum Gasteiger partial charge on any atom is -0.369 e. The zero-order valence-corrected chi connectivity index (χ0v) is 14.7. The molecule has 0 spiro atoms. The van der Waals surface area contributed by atoms with E-state index in [2.05, 4.69) is 36.2 Å². The van der Waals surface area contributed by atoms with Gasteiger partial charge in [-0.1, -0.05) is 48.0 Å². The maximum Gasteiger partial charge on any atom is 0.256 e. The zero-order chi connectivity index (χ0) is 17.4. The van der Waals surface area contributed by atoms with Crippen molar-refractivity contribution in [2.75, 3.05) is 6.54 Å². The second-order valence-corrected chi connectivity index (χ2v) is 7.08. The van der Waals surface area contributed by atoms with Crippen molar-refractivity contribution in [3.05, 3.63) is 76.3 Å². The number of hydrogen-bond donors (Lipinski definition) is 1. The van der Waals surface area contributed by atoms with Gasteiger partial charge in [-0.05, 0) is 13.0 Å². The molecule has 0 radical (unpaired) electrons. The molecule has 2 aromatic carbocycles. The summed E-state index contributed by atoms with van der Waals surface area (Å²) in [6.07, 6.45) is -0.238. The summed E-state index contributed by atoms with van der Waals surface area (Å²) in [5, 5.41) is 13.4. The summed E-state index contributed by atoms with van der Waals surface area (Å²) >= 11 is 1.60. The zero-order valence-electron chi connectivity index (χ0n) is 13.8. The van der Waals surface area contributed by atoms with Gasteiger partial charge in [-0.3, -0.25) is 4.79 Å². The third kappa shape index (κ3) is 2.97. The minimum absolute atomic E-state index is 0.114. The van der Waals surface area contributed by atoms with Gasteiger partial charge in [-0.15, -0.1) is 11.3 Å². The fourth-order valence-corrected chi connectivity index (χ4v) is 3.92. The Hall–Kier alpha value is -2.50. The van der Waals surface area contributed by atoms with Gasteiger partial charge < -0.3 is 10.0 Å². The molecule has 0 saturated heterocycles. The van der Waals surface area contributed by atoms with Gasteiger partial charge in [0.25, 0.3) is 5.91 Å². The molecule has 1 unspecified atom stereocenters. The van der Waals surface area contributed by atoms with Crippen molar-refractivity contribution >= 4 is 17.2 Å². The summed E-state index contributed by atoms with van der Waals surface area (Å²) in [4.78, 5) is 18.6. The second kappa shape index (κ2) is 6.43. The summed E-state index contributed by atoms with van der Waals surface area (Å²) in [5.74, 6) is -0.114. The molecule has 4 rings (SSSR count). The van der Waals surface area contributed by atoms with E-state index in [1.807, 2.05) is 17.5 Å². The fraction of sp³-hybridized carbons (Fsp3) is 0.200. The lowest BCUT2D eigenvalue weighted by atomic mass is 10.1. The van der Waals surface area contributed by atoms with Crippen molar-refractivity contribution in [1.29, 1.82) is 0 Å². The molecule has 25 heavy (non-hydrogen) atoms. The fourth-order valence-electron chi connectivity index (χ4n) is 3.06. The van der Waals surface area contributed by atoms with E-state index < -0.39 is 6.23 Å². The molecule has 0 fully saturated rings. The Morgan fingerprint density at radius 1 is 1.16 bits per heavy atom. The van der Waals surface area contributed by atoms with Gasteiger partial charge in [0.15, 0.2) is 6.23 Å². The number of aliphatic hydroxyl groups is 1. The van der Waals surface area contributed by atoms with Gasteiger partial charge in [-0.2, -0.15) is 0 Å². The molecular weight excluding hydrogens is 332 g/mol. The number of amides is 1. The van der Waals surface area contributed by atoms with Crippen LogP contribution in [-0.4, -0.2) is 27.4 Å². The van der Waals surface area contributed by atoms with E-state index in [-0.39, 0.29) is 5.91 Å². The van der Waals surface area contributed by atoms with Crippen LogP contribution >= 0.6 is 11.3 Å². The van der Waals surface area contributed by atoms with Gasteiger partial charge in [0.2, 0.25) is 0 Å². The number of aromatic nitrogens is 1. The maximum atomic E-state index is 12.4. The lowest BCUT2D eigenvalue weighted by Crippen LogP contribution is -2.30. The first-order valence-corrected chi connectivity index (χ1v) is 9.11. The number of carbonyl (C=O) groups excluding carboxylic acids is 1. The first-order valence-electron chi connectivity index (χ1n) is 8.23. The molecule has 1 aliphatic rings. The molecule has 0 bridgehead atoms. The van der Waals surface area contributed by atoms with Crippen molar-refractivity contribution in [3.63, 3.8) is 0 Å². The average Bonchev–Trinajstić information content (AvgIpc) is 3.19. The molecule has 5 heteroatoms. The van der Waals surface area contributed by atoms with Gasteiger partial charge in [0, 0.05) is 35.0 Å². The number of aliphatic hydroxyl groups excluding tert-OH is 1. The molecule has 1 aromatic heterocycles. The Labute approximate surface area is 150 Å². The molecule has 1 aliphatic heterocycles. The van der Waals surface area contributed by atoms with Gasteiger partial charge >= 0.3 is 0 Å². The molecule has 1 N–H and O–H groups in total. The number of hydrogen-bond acceptors (Lipinski definition) is 4. The van der Waals surface area contributed by atoms with Crippen LogP contribution in [0.25, 0.3) is 10.6 Å². The van der Waals surface area contributed by atoms with E-state index >= 15 is 0 Å². The third-order valence-corrected chi connectivity index (χ3v) is 5.42. The molecule has 0 aliphatic carbocycles. The highest BCUT2D eigenvalue weighted by molar-refractivity contribution is 7.13. The predicted molar refractivity (Wildman–Crippen MR) is 98.4 cm³/mol. The second-order valence-electron chi connectivity index (χ2n) is 6.22. The van der Waals surface area contributed by atoms with E-state index in [1.165, 1.54) is 10.5 Å². The average molecular weight is 350 g/mol. The highest BCUT2D eigenvalue weighted by Crippen LogP contribution is 2.31. The Morgan fingerprint density at radius 2 is 1.92 bits per heavy atom. The lowest BCUT2D eigenvalue weighted by molar-refractivity contribution is 0.0182. The highest BCUT2D eigenvalue weighted by Gasteiger charge is 2.34. The highest BCUT2D eigenvalue weighted by atomic mass is 32.1. The number of thiazole rings is 1. The van der Waals surface area contributed by atoms with Crippen molar-refractivity contribution in [3.8, 4) is 10.6 Å². The van der Waals surface area contributed by atoms with Gasteiger partial charge in [0.05, 0.1) is 5.69 Å². The lowest BCUT2D eigenvalue weighted by Gasteiger charge is -2.20. The van der Waals surface area contributed by atoms with E-state index in [0.29, 0.717) is 24.1 Å². The molecular formula is C20H18N2O2S. The predicted octanol–water partition coefficient (Wildman–Crippen LogP) is 3.81. The molecule has 4 nitrogen and oxygen atoms in total. The Morgan fingerprint density at radius 3 is 2.68 bits per heavy atom. The maximum absolute atomic E-state index is 12.4. The van der Waals surface area contributed by atoms with Crippen LogP contribution < -0.4 is 0 Å². The largest absolute Gasteiger partial charge is 0.369 e. The van der Waals surface area contributed by atoms with E-state index in [9.17, 15) is 9.90 Å². The van der Waals surface area contributed by atoms with Gasteiger partial charge in [-0.25, -0.2) is 4.98 Å². The van der Waals surface area contributed by atoms with Crippen LogP contribution in [-0.2, 0) is 6.42 Å². The standard InChI is InChI=1S/C20H18N2O2S/c1-13-6-8-14(9-7-13)18-21-15(12-25-18)10-11-22-19(23)16-4-2-3-5-17(16)20(22)24/h2-9,12,19,23H,10-11H2,1H3. The van der Waals surface area contributed by atoms with Crippen LogP contribution in [0, 0.1) is 6.92 Å². The topological polar surface area (TPSA) is 53.4 Å². The smallest absolute Gasteiger partial charge is 0.256 e. The van der Waals surface area contributed by atoms with Crippen LogP contribution in [0.15, 0.2) is 53.9 Å². The van der Waals surface area contributed by atoms with E-state index in [0.717, 1.165) is 16.3 Å². The van der Waals surface area contributed by atoms with Crippen LogP contribution in [0.4, 0.5) is 0 Å². The van der Waals surface area contributed by atoms with Crippen LogP contribution in [0.2, 0.25) is 0 Å². The van der Waals surface area contributed by atoms with Crippen molar-refractivity contribution < 1.29 is 9.90 Å². The normalized spacial score (nSPS) is 16.3. The summed E-state index contributed by atoms with van der Waals surface area (Å²) in [6.45, 7) is 2.51. The Balaban J connectivity index is 1.46. The minimum atomic E-state index is -0.862. The quantitative estimate of drug-likeness (QED) is 0.778. The van der Waals surface area contributed by atoms with Crippen LogP contribution in [0.5, 0.6) is 0 Å². The number of aryl methyl sites for hydroxylation is 1. The van der Waals surface area contributed by atoms with Crippen molar-refractivity contribution in [2.24, 2.45) is 0 Å². The van der Waals surface area contributed by atoms with E-state index in [4.69, 9.17) is 0 Å². The molecule has 126 valence electrons. The van der Waals surface area contributed by atoms with E-state index in [1.54, 1.807) is 23.5 Å². The number of nitrogens with zero attached hydrogens (tertiary/aromatic N) is 2. The number of carbonyl (C=O) groups is 1. The Bertz CT molecular complexity index is 917. The third-order valence-electron chi connectivity index (χ3n) is 4.48. The number of rotatable bonds is 4. The van der Waals surface area contributed by atoms with Crippen LogP contribution in [0.3, 0.4) is 0 Å². The van der Waals surface area contributed by atoms with Crippen LogP contribution in [0.1, 0.15) is 33.4 Å². The number of benzene rings is 2. The molecule has 1 atom stereocenters. The summed E-state index contributed by atoms with van der Waals surface area (Å²) < 4.78 is 0. The molecule has 1 amide bonds. The first kappa shape index (κ1) is 16.0. The van der Waals surface area contributed by atoms with Gasteiger partial charge in [0.1, 0.15) is 5.01 Å². The Kier molecular flexibility index (Phi) is 4.11. The monoisotopic (exact) mass is 350 g/mol. The van der Waals surface area contributed by atoms with Crippen molar-refractivity contribution in [1.82, 2.24) is 9.88 Å². The molecule has 3 aromatic rings. The first-order chi connectivity index (χ1) is 12.1. The SMILES string of the molecule is Cc1ccc(-c2nc(CCN3C(=O)c4ccccc4C3O)cs2)cc1. The van der Waals surface area contributed by atoms with Crippen molar-refractivity contribution in [2.45, 2.75) is 19.6 Å². The summed E-state index contributed by atoms with van der Waals surface area (Å²) in [7, 11) is 0. The number of fused-ring (bicyclic) bond motifs is 1. The summed E-state index contributed by atoms with van der Waals surface area (Å²) in [5.41, 5.74) is 4.55. The molecule has 0 saturated carbocycles. The summed E-state index contributed by atoms with van der Waals surface area (Å²) in [6, 6.07) is 15.5. The molecule has 2 heterocycles.